The van der Waals surface area contributed by atoms with Crippen molar-refractivity contribution in [2.45, 2.75) is 46.0 Å². The lowest BCUT2D eigenvalue weighted by atomic mass is 9.72. The molecule has 0 amide bonds. The molecule has 21 heavy (non-hydrogen) atoms. The van der Waals surface area contributed by atoms with E-state index in [9.17, 15) is 0 Å². The van der Waals surface area contributed by atoms with Gasteiger partial charge in [-0.2, -0.15) is 0 Å². The first-order valence-corrected chi connectivity index (χ1v) is 8.34. The Labute approximate surface area is 130 Å². The zero-order valence-corrected chi connectivity index (χ0v) is 14.4. The van der Waals surface area contributed by atoms with E-state index in [0.29, 0.717) is 5.41 Å². The first-order chi connectivity index (χ1) is 9.79. The Morgan fingerprint density at radius 3 is 2.14 bits per heavy atom. The van der Waals surface area contributed by atoms with Crippen molar-refractivity contribution in [2.24, 2.45) is 5.41 Å². The topological polar surface area (TPSA) is 6.48 Å². The van der Waals surface area contributed by atoms with Crippen molar-refractivity contribution in [3.05, 3.63) is 29.3 Å². The first-order valence-electron chi connectivity index (χ1n) is 8.34. The fourth-order valence-electron chi connectivity index (χ4n) is 4.11. The largest absolute Gasteiger partial charge is 0.371 e. The highest BCUT2D eigenvalue weighted by Crippen LogP contribution is 2.41. The average Bonchev–Trinajstić information content (AvgIpc) is 2.37. The van der Waals surface area contributed by atoms with E-state index in [1.165, 1.54) is 55.8 Å². The standard InChI is InChI=1S/C19H30N2/c1-15-12-16(18(2,3)4)6-7-17(15)21-10-8-19(9-11-21)13-20(5)14-19/h6-7,12H,8-11,13-14H2,1-5H3. The summed E-state index contributed by atoms with van der Waals surface area (Å²) >= 11 is 0. The third-order valence-electron chi connectivity index (χ3n) is 5.44. The zero-order chi connectivity index (χ0) is 15.3. The molecule has 1 aromatic rings. The molecule has 0 atom stereocenters. The summed E-state index contributed by atoms with van der Waals surface area (Å²) in [6.45, 7) is 14.2. The molecule has 0 aromatic heterocycles. The number of rotatable bonds is 1. The van der Waals surface area contributed by atoms with Crippen LogP contribution >= 0.6 is 0 Å². The van der Waals surface area contributed by atoms with Crippen LogP contribution in [0.1, 0.15) is 44.7 Å². The van der Waals surface area contributed by atoms with Crippen LogP contribution in [0.3, 0.4) is 0 Å². The normalized spacial score (nSPS) is 22.4. The molecule has 1 spiro atoms. The molecule has 2 fully saturated rings. The summed E-state index contributed by atoms with van der Waals surface area (Å²) in [6.07, 6.45) is 2.72. The SMILES string of the molecule is Cc1cc(C(C)(C)C)ccc1N1CCC2(CC1)CN(C)C2. The lowest BCUT2D eigenvalue weighted by molar-refractivity contribution is 0.00130. The van der Waals surface area contributed by atoms with Crippen LogP contribution in [0.5, 0.6) is 0 Å². The molecular formula is C19H30N2. The van der Waals surface area contributed by atoms with Crippen molar-refractivity contribution in [3.63, 3.8) is 0 Å². The lowest BCUT2D eigenvalue weighted by Crippen LogP contribution is -2.58. The Morgan fingerprint density at radius 2 is 1.67 bits per heavy atom. The predicted molar refractivity (Wildman–Crippen MR) is 91.3 cm³/mol. The van der Waals surface area contributed by atoms with Gasteiger partial charge in [0.05, 0.1) is 0 Å². The fourth-order valence-corrected chi connectivity index (χ4v) is 4.11. The molecule has 2 heteroatoms. The van der Waals surface area contributed by atoms with Crippen LogP contribution in [0.25, 0.3) is 0 Å². The Morgan fingerprint density at radius 1 is 1.05 bits per heavy atom. The summed E-state index contributed by atoms with van der Waals surface area (Å²) in [5.41, 5.74) is 5.21. The monoisotopic (exact) mass is 286 g/mol. The molecule has 2 aliphatic heterocycles. The highest BCUT2D eigenvalue weighted by atomic mass is 15.2. The number of hydrogen-bond acceptors (Lipinski definition) is 2. The minimum atomic E-state index is 0.242. The number of benzene rings is 1. The van der Waals surface area contributed by atoms with Gasteiger partial charge in [0.1, 0.15) is 0 Å². The van der Waals surface area contributed by atoms with Gasteiger partial charge in [-0.05, 0) is 54.8 Å². The van der Waals surface area contributed by atoms with Crippen molar-refractivity contribution in [3.8, 4) is 0 Å². The van der Waals surface area contributed by atoms with Gasteiger partial charge >= 0.3 is 0 Å². The van der Waals surface area contributed by atoms with E-state index in [1.54, 1.807) is 0 Å². The van der Waals surface area contributed by atoms with E-state index < -0.39 is 0 Å². The third kappa shape index (κ3) is 2.83. The fraction of sp³-hybridized carbons (Fsp3) is 0.684. The number of aryl methyl sites for hydroxylation is 1. The van der Waals surface area contributed by atoms with Crippen molar-refractivity contribution in [2.75, 3.05) is 38.1 Å². The predicted octanol–water partition coefficient (Wildman–Crippen LogP) is 3.82. The van der Waals surface area contributed by atoms with Crippen LogP contribution in [-0.4, -0.2) is 38.1 Å². The highest BCUT2D eigenvalue weighted by Gasteiger charge is 2.43. The first kappa shape index (κ1) is 14.9. The van der Waals surface area contributed by atoms with E-state index >= 15 is 0 Å². The molecule has 3 rings (SSSR count). The molecule has 0 saturated carbocycles. The number of piperidine rings is 1. The van der Waals surface area contributed by atoms with Gasteiger partial charge < -0.3 is 9.80 Å². The molecule has 116 valence electrons. The summed E-state index contributed by atoms with van der Waals surface area (Å²) in [5, 5.41) is 0. The van der Waals surface area contributed by atoms with Gasteiger partial charge in [0.2, 0.25) is 0 Å². The highest BCUT2D eigenvalue weighted by molar-refractivity contribution is 5.55. The van der Waals surface area contributed by atoms with Gasteiger partial charge in [0.15, 0.2) is 0 Å². The Hall–Kier alpha value is -1.02. The summed E-state index contributed by atoms with van der Waals surface area (Å²) in [4.78, 5) is 5.06. The smallest absolute Gasteiger partial charge is 0.0396 e. The Bertz CT molecular complexity index is 511. The number of hydrogen-bond donors (Lipinski definition) is 0. The summed E-state index contributed by atoms with van der Waals surface area (Å²) in [6, 6.07) is 7.06. The maximum Gasteiger partial charge on any atom is 0.0396 e. The Kier molecular flexibility index (Phi) is 3.56. The second-order valence-corrected chi connectivity index (χ2v) is 8.41. The third-order valence-corrected chi connectivity index (χ3v) is 5.44. The van der Waals surface area contributed by atoms with Gasteiger partial charge in [-0.15, -0.1) is 0 Å². The lowest BCUT2D eigenvalue weighted by Gasteiger charge is -2.53. The maximum absolute atomic E-state index is 2.60. The van der Waals surface area contributed by atoms with Crippen LogP contribution in [-0.2, 0) is 5.41 Å². The number of nitrogens with zero attached hydrogens (tertiary/aromatic N) is 2. The Balaban J connectivity index is 1.71. The molecule has 0 radical (unpaired) electrons. The molecule has 2 heterocycles. The van der Waals surface area contributed by atoms with Crippen molar-refractivity contribution in [1.82, 2.24) is 4.90 Å². The van der Waals surface area contributed by atoms with Crippen LogP contribution in [0.15, 0.2) is 18.2 Å². The summed E-state index contributed by atoms with van der Waals surface area (Å²) < 4.78 is 0. The molecular weight excluding hydrogens is 256 g/mol. The number of likely N-dealkylation sites (tertiary alicyclic amines) is 1. The molecule has 0 unspecified atom stereocenters. The molecule has 0 N–H and O–H groups in total. The number of anilines is 1. The minimum Gasteiger partial charge on any atom is -0.371 e. The van der Waals surface area contributed by atoms with E-state index in [0.717, 1.165) is 0 Å². The molecule has 2 aliphatic rings. The second-order valence-electron chi connectivity index (χ2n) is 8.41. The van der Waals surface area contributed by atoms with Crippen LogP contribution in [0, 0.1) is 12.3 Å². The van der Waals surface area contributed by atoms with Gasteiger partial charge in [-0.25, -0.2) is 0 Å². The van der Waals surface area contributed by atoms with Crippen molar-refractivity contribution in [1.29, 1.82) is 0 Å². The van der Waals surface area contributed by atoms with Gasteiger partial charge in [0.25, 0.3) is 0 Å². The van der Waals surface area contributed by atoms with E-state index in [-0.39, 0.29) is 5.41 Å². The molecule has 2 nitrogen and oxygen atoms in total. The van der Waals surface area contributed by atoms with Crippen LogP contribution in [0.4, 0.5) is 5.69 Å². The summed E-state index contributed by atoms with van der Waals surface area (Å²) in [5.74, 6) is 0. The summed E-state index contributed by atoms with van der Waals surface area (Å²) in [7, 11) is 2.24. The zero-order valence-electron chi connectivity index (χ0n) is 14.4. The molecule has 0 bridgehead atoms. The van der Waals surface area contributed by atoms with Crippen molar-refractivity contribution >= 4 is 5.69 Å². The molecule has 0 aliphatic carbocycles. The van der Waals surface area contributed by atoms with E-state index in [2.05, 4.69) is 62.7 Å². The van der Waals surface area contributed by atoms with E-state index in [4.69, 9.17) is 0 Å². The second kappa shape index (κ2) is 5.01. The van der Waals surface area contributed by atoms with Crippen molar-refractivity contribution < 1.29 is 0 Å². The van der Waals surface area contributed by atoms with Gasteiger partial charge in [0, 0.05) is 31.9 Å². The van der Waals surface area contributed by atoms with E-state index in [1.807, 2.05) is 0 Å². The quantitative estimate of drug-likeness (QED) is 0.774. The van der Waals surface area contributed by atoms with Crippen LogP contribution in [0.2, 0.25) is 0 Å². The average molecular weight is 286 g/mol. The van der Waals surface area contributed by atoms with Gasteiger partial charge in [-0.3, -0.25) is 0 Å². The molecule has 1 aromatic carbocycles. The van der Waals surface area contributed by atoms with Gasteiger partial charge in [-0.1, -0.05) is 32.9 Å². The van der Waals surface area contributed by atoms with Crippen LogP contribution < -0.4 is 4.90 Å². The maximum atomic E-state index is 2.60. The minimum absolute atomic E-state index is 0.242. The molecule has 2 saturated heterocycles.